The van der Waals surface area contributed by atoms with Crippen molar-refractivity contribution in [1.29, 1.82) is 0 Å². The Balaban J connectivity index is 1.86. The summed E-state index contributed by atoms with van der Waals surface area (Å²) in [6, 6.07) is 22.2. The van der Waals surface area contributed by atoms with Gasteiger partial charge in [0.05, 0.1) is 6.04 Å². The van der Waals surface area contributed by atoms with E-state index >= 15 is 0 Å². The molecule has 0 radical (unpaired) electrons. The van der Waals surface area contributed by atoms with Gasteiger partial charge in [-0.3, -0.25) is 4.90 Å². The van der Waals surface area contributed by atoms with Gasteiger partial charge in [-0.1, -0.05) is 81.4 Å². The highest BCUT2D eigenvalue weighted by Crippen LogP contribution is 2.40. The van der Waals surface area contributed by atoms with Crippen molar-refractivity contribution in [1.82, 2.24) is 4.90 Å². The summed E-state index contributed by atoms with van der Waals surface area (Å²) in [7, 11) is 0. The molecule has 0 aromatic heterocycles. The average molecular weight is 279 g/mol. The van der Waals surface area contributed by atoms with Crippen LogP contribution in [0.3, 0.4) is 0 Å². The molecule has 1 aliphatic heterocycles. The molecule has 1 heteroatoms. The maximum Gasteiger partial charge on any atom is 0.0602 e. The molecular weight excluding hydrogens is 254 g/mol. The van der Waals surface area contributed by atoms with E-state index in [2.05, 4.69) is 86.3 Å². The van der Waals surface area contributed by atoms with Gasteiger partial charge >= 0.3 is 0 Å². The fourth-order valence-electron chi connectivity index (χ4n) is 3.16. The molecule has 0 spiro atoms. The number of likely N-dealkylation sites (tertiary alicyclic amines) is 1. The van der Waals surface area contributed by atoms with Crippen molar-refractivity contribution in [2.45, 2.75) is 26.8 Å². The smallest absolute Gasteiger partial charge is 0.0602 e. The molecule has 1 heterocycles. The minimum absolute atomic E-state index is 0.394. The minimum atomic E-state index is 0.394. The standard InChI is InChI=1S/C20H25N/c1-20(2,3)18-14-21(15-18)19(16-10-6-4-7-11-16)17-12-8-5-9-13-17/h4-13,18-19H,14-15H2,1-3H3. The van der Waals surface area contributed by atoms with Crippen LogP contribution < -0.4 is 0 Å². The van der Waals surface area contributed by atoms with Crippen molar-refractivity contribution in [3.8, 4) is 0 Å². The van der Waals surface area contributed by atoms with E-state index in [9.17, 15) is 0 Å². The predicted molar refractivity (Wildman–Crippen MR) is 89.2 cm³/mol. The lowest BCUT2D eigenvalue weighted by Gasteiger charge is -2.50. The lowest BCUT2D eigenvalue weighted by Crippen LogP contribution is -2.53. The van der Waals surface area contributed by atoms with Gasteiger partial charge in [0.2, 0.25) is 0 Å². The molecule has 2 aromatic rings. The molecule has 0 bridgehead atoms. The molecule has 1 aliphatic rings. The van der Waals surface area contributed by atoms with Crippen molar-refractivity contribution in [3.05, 3.63) is 71.8 Å². The first kappa shape index (κ1) is 14.3. The SMILES string of the molecule is CC(C)(C)C1CN(C(c2ccccc2)c2ccccc2)C1. The van der Waals surface area contributed by atoms with Gasteiger partial charge in [-0.15, -0.1) is 0 Å². The molecule has 1 nitrogen and oxygen atoms in total. The minimum Gasteiger partial charge on any atom is -0.292 e. The summed E-state index contributed by atoms with van der Waals surface area (Å²) in [5.41, 5.74) is 3.21. The van der Waals surface area contributed by atoms with Crippen LogP contribution in [0.15, 0.2) is 60.7 Å². The van der Waals surface area contributed by atoms with E-state index in [0.29, 0.717) is 11.5 Å². The van der Waals surface area contributed by atoms with E-state index in [4.69, 9.17) is 0 Å². The molecule has 3 rings (SSSR count). The Morgan fingerprint density at radius 2 is 1.24 bits per heavy atom. The maximum absolute atomic E-state index is 2.61. The van der Waals surface area contributed by atoms with Gasteiger partial charge in [-0.25, -0.2) is 0 Å². The molecule has 1 saturated heterocycles. The molecule has 110 valence electrons. The van der Waals surface area contributed by atoms with Crippen molar-refractivity contribution < 1.29 is 0 Å². The molecule has 0 N–H and O–H groups in total. The third-order valence-electron chi connectivity index (χ3n) is 4.73. The Kier molecular flexibility index (Phi) is 3.86. The van der Waals surface area contributed by atoms with Crippen molar-refractivity contribution in [3.63, 3.8) is 0 Å². The maximum atomic E-state index is 2.61. The zero-order chi connectivity index (χ0) is 14.9. The van der Waals surface area contributed by atoms with Crippen LogP contribution in [0.1, 0.15) is 37.9 Å². The monoisotopic (exact) mass is 279 g/mol. The Hall–Kier alpha value is -1.60. The van der Waals surface area contributed by atoms with Crippen LogP contribution in [0.5, 0.6) is 0 Å². The highest BCUT2D eigenvalue weighted by atomic mass is 15.2. The summed E-state index contributed by atoms with van der Waals surface area (Å²) in [5.74, 6) is 0.799. The fraction of sp³-hybridized carbons (Fsp3) is 0.400. The Morgan fingerprint density at radius 3 is 1.62 bits per heavy atom. The quantitative estimate of drug-likeness (QED) is 0.783. The van der Waals surface area contributed by atoms with Crippen molar-refractivity contribution >= 4 is 0 Å². The largest absolute Gasteiger partial charge is 0.292 e. The second-order valence-electron chi connectivity index (χ2n) is 7.24. The van der Waals surface area contributed by atoms with Crippen LogP contribution in [0, 0.1) is 11.3 Å². The van der Waals surface area contributed by atoms with Gasteiger partial charge < -0.3 is 0 Å². The van der Waals surface area contributed by atoms with E-state index in [1.165, 1.54) is 24.2 Å². The normalized spacial score (nSPS) is 17.0. The van der Waals surface area contributed by atoms with E-state index in [0.717, 1.165) is 5.92 Å². The second-order valence-corrected chi connectivity index (χ2v) is 7.24. The molecule has 0 amide bonds. The second kappa shape index (κ2) is 5.65. The molecular formula is C20H25N. The summed E-state index contributed by atoms with van der Waals surface area (Å²) in [6.45, 7) is 9.45. The molecule has 1 fully saturated rings. The number of benzene rings is 2. The third-order valence-corrected chi connectivity index (χ3v) is 4.73. The number of hydrogen-bond donors (Lipinski definition) is 0. The zero-order valence-electron chi connectivity index (χ0n) is 13.3. The van der Waals surface area contributed by atoms with Gasteiger partial charge in [0.15, 0.2) is 0 Å². The van der Waals surface area contributed by atoms with Gasteiger partial charge in [-0.2, -0.15) is 0 Å². The number of nitrogens with zero attached hydrogens (tertiary/aromatic N) is 1. The third kappa shape index (κ3) is 3.03. The first-order chi connectivity index (χ1) is 10.1. The lowest BCUT2D eigenvalue weighted by molar-refractivity contribution is 0.00325. The van der Waals surface area contributed by atoms with Crippen molar-refractivity contribution in [2.75, 3.05) is 13.1 Å². The van der Waals surface area contributed by atoms with Crippen LogP contribution in [0.4, 0.5) is 0 Å². The summed E-state index contributed by atoms with van der Waals surface area (Å²) in [6.07, 6.45) is 0. The van der Waals surface area contributed by atoms with Crippen LogP contribution >= 0.6 is 0 Å². The highest BCUT2D eigenvalue weighted by molar-refractivity contribution is 5.32. The Labute approximate surface area is 128 Å². The summed E-state index contributed by atoms with van der Waals surface area (Å²) < 4.78 is 0. The van der Waals surface area contributed by atoms with E-state index in [1.54, 1.807) is 0 Å². The summed E-state index contributed by atoms with van der Waals surface area (Å²) in [4.78, 5) is 2.61. The van der Waals surface area contributed by atoms with Gasteiger partial charge in [0.1, 0.15) is 0 Å². The molecule has 0 unspecified atom stereocenters. The zero-order valence-corrected chi connectivity index (χ0v) is 13.3. The van der Waals surface area contributed by atoms with Crippen LogP contribution in [-0.4, -0.2) is 18.0 Å². The topological polar surface area (TPSA) is 3.24 Å². The highest BCUT2D eigenvalue weighted by Gasteiger charge is 2.39. The van der Waals surface area contributed by atoms with E-state index < -0.39 is 0 Å². The predicted octanol–water partition coefficient (Wildman–Crippen LogP) is 4.75. The fourth-order valence-corrected chi connectivity index (χ4v) is 3.16. The van der Waals surface area contributed by atoms with Crippen LogP contribution in [0.2, 0.25) is 0 Å². The Bertz CT molecular complexity index is 522. The van der Waals surface area contributed by atoms with Gasteiger partial charge in [0.25, 0.3) is 0 Å². The van der Waals surface area contributed by atoms with Crippen LogP contribution in [-0.2, 0) is 0 Å². The van der Waals surface area contributed by atoms with E-state index in [1.807, 2.05) is 0 Å². The summed E-state index contributed by atoms with van der Waals surface area (Å²) >= 11 is 0. The average Bonchev–Trinajstić information content (AvgIpc) is 2.42. The molecule has 21 heavy (non-hydrogen) atoms. The lowest BCUT2D eigenvalue weighted by atomic mass is 9.74. The van der Waals surface area contributed by atoms with E-state index in [-0.39, 0.29) is 0 Å². The number of hydrogen-bond acceptors (Lipinski definition) is 1. The molecule has 0 saturated carbocycles. The molecule has 0 aliphatic carbocycles. The first-order valence-corrected chi connectivity index (χ1v) is 7.89. The van der Waals surface area contributed by atoms with Crippen molar-refractivity contribution in [2.24, 2.45) is 11.3 Å². The van der Waals surface area contributed by atoms with Gasteiger partial charge in [-0.05, 0) is 22.5 Å². The Morgan fingerprint density at radius 1 is 0.810 bits per heavy atom. The van der Waals surface area contributed by atoms with Gasteiger partial charge in [0, 0.05) is 13.1 Å². The summed E-state index contributed by atoms with van der Waals surface area (Å²) in [5, 5.41) is 0. The molecule has 2 aromatic carbocycles. The number of rotatable bonds is 3. The van der Waals surface area contributed by atoms with Crippen LogP contribution in [0.25, 0.3) is 0 Å². The first-order valence-electron chi connectivity index (χ1n) is 7.89. The molecule has 0 atom stereocenters.